The quantitative estimate of drug-likeness (QED) is 0.231. The van der Waals surface area contributed by atoms with Crippen LogP contribution < -0.4 is 9.64 Å². The Morgan fingerprint density at radius 2 is 1.81 bits per heavy atom. The van der Waals surface area contributed by atoms with E-state index in [1.54, 1.807) is 0 Å². The molecular weight excluding hydrogens is 594 g/mol. The van der Waals surface area contributed by atoms with Crippen LogP contribution in [0, 0.1) is 13.8 Å². The van der Waals surface area contributed by atoms with Crippen LogP contribution in [0.25, 0.3) is 28.0 Å². The molecule has 6 bridgehead atoms. The van der Waals surface area contributed by atoms with Crippen molar-refractivity contribution in [3.05, 3.63) is 71.4 Å². The number of pyridine rings is 1. The lowest BCUT2D eigenvalue weighted by atomic mass is 9.92. The third-order valence-electron chi connectivity index (χ3n) is 9.02. The molecule has 9 heteroatoms. The van der Waals surface area contributed by atoms with Gasteiger partial charge in [-0.05, 0) is 96.2 Å². The van der Waals surface area contributed by atoms with Gasteiger partial charge in [0.05, 0.1) is 36.7 Å². The zero-order chi connectivity index (χ0) is 33.5. The van der Waals surface area contributed by atoms with Gasteiger partial charge in [0.15, 0.2) is 6.10 Å². The Kier molecular flexibility index (Phi) is 9.09. The molecule has 5 heterocycles. The molecule has 0 amide bonds. The second-order valence-corrected chi connectivity index (χ2v) is 14.2. The maximum Gasteiger partial charge on any atom is 0.337 e. The molecule has 2 atom stereocenters. The number of ether oxygens (including phenoxy) is 4. The van der Waals surface area contributed by atoms with Gasteiger partial charge in [-0.25, -0.2) is 9.78 Å². The number of aryl methyl sites for hydroxylation is 2. The highest BCUT2D eigenvalue weighted by molar-refractivity contribution is 5.80. The summed E-state index contributed by atoms with van der Waals surface area (Å²) >= 11 is 0. The summed E-state index contributed by atoms with van der Waals surface area (Å²) in [7, 11) is 0. The molecule has 0 aliphatic carbocycles. The molecule has 0 radical (unpaired) electrons. The van der Waals surface area contributed by atoms with Crippen LogP contribution in [0.3, 0.4) is 0 Å². The van der Waals surface area contributed by atoms with Crippen LogP contribution in [-0.2, 0) is 19.0 Å². The van der Waals surface area contributed by atoms with Crippen LogP contribution in [0.4, 0.5) is 5.82 Å². The summed E-state index contributed by atoms with van der Waals surface area (Å²) < 4.78 is 27.1. The number of rotatable bonds is 3. The number of aromatic nitrogens is 2. The van der Waals surface area contributed by atoms with Gasteiger partial charge in [-0.1, -0.05) is 30.3 Å². The lowest BCUT2D eigenvalue weighted by Gasteiger charge is -2.41. The third kappa shape index (κ3) is 7.17. The molecule has 250 valence electrons. The predicted octanol–water partition coefficient (Wildman–Crippen LogP) is 7.40. The highest BCUT2D eigenvalue weighted by Crippen LogP contribution is 2.40. The first kappa shape index (κ1) is 33.0. The van der Waals surface area contributed by atoms with Crippen LogP contribution in [0.5, 0.6) is 5.75 Å². The number of anilines is 1. The molecule has 3 aliphatic heterocycles. The van der Waals surface area contributed by atoms with E-state index in [0.717, 1.165) is 63.6 Å². The standard InChI is InChI=1S/C38H47N3O6/c1-24-11-12-29-27-9-8-10-28(21-27)30-22-41-32(39-30)20-25(2)33(34(36(42)43)47-37(4,5)6)35(41)40-15-13-38(7,14-16-40)45-18-17-44-23-26(3)46-31(29)19-24/h8-12,19-22,26,34H,13-18,23H2,1-7H3,(H,42,43)/t26-,34-/m0/s1. The molecule has 0 unspecified atom stereocenters. The Morgan fingerprint density at radius 1 is 1.06 bits per heavy atom. The Balaban J connectivity index is 1.53. The van der Waals surface area contributed by atoms with E-state index >= 15 is 0 Å². The summed E-state index contributed by atoms with van der Waals surface area (Å²) in [6.07, 6.45) is 2.28. The van der Waals surface area contributed by atoms with Gasteiger partial charge in [-0.2, -0.15) is 0 Å². The number of piperidine rings is 1. The van der Waals surface area contributed by atoms with Gasteiger partial charge >= 0.3 is 5.97 Å². The molecule has 1 fully saturated rings. The number of fused-ring (bicyclic) bond motifs is 8. The molecule has 47 heavy (non-hydrogen) atoms. The first-order valence-corrected chi connectivity index (χ1v) is 16.6. The molecule has 3 aliphatic rings. The second kappa shape index (κ2) is 12.9. The van der Waals surface area contributed by atoms with Crippen molar-refractivity contribution in [1.82, 2.24) is 9.38 Å². The van der Waals surface area contributed by atoms with Gasteiger partial charge in [0.25, 0.3) is 0 Å². The van der Waals surface area contributed by atoms with Gasteiger partial charge in [0, 0.05) is 36.0 Å². The molecule has 0 spiro atoms. The van der Waals surface area contributed by atoms with Gasteiger partial charge in [-0.15, -0.1) is 0 Å². The fourth-order valence-corrected chi connectivity index (χ4v) is 6.61. The van der Waals surface area contributed by atoms with Crippen LogP contribution >= 0.6 is 0 Å². The second-order valence-electron chi connectivity index (χ2n) is 14.2. The lowest BCUT2D eigenvalue weighted by molar-refractivity contribution is -0.160. The zero-order valence-electron chi connectivity index (χ0n) is 28.6. The number of carboxylic acids is 1. The highest BCUT2D eigenvalue weighted by Gasteiger charge is 2.37. The van der Waals surface area contributed by atoms with Crippen LogP contribution in [0.15, 0.2) is 54.7 Å². The van der Waals surface area contributed by atoms with E-state index in [9.17, 15) is 9.90 Å². The van der Waals surface area contributed by atoms with Gasteiger partial charge < -0.3 is 29.0 Å². The van der Waals surface area contributed by atoms with E-state index in [2.05, 4.69) is 55.1 Å². The van der Waals surface area contributed by atoms with Crippen LogP contribution in [0.1, 0.15) is 70.3 Å². The number of hydrogen-bond acceptors (Lipinski definition) is 7. The summed E-state index contributed by atoms with van der Waals surface area (Å²) in [5.74, 6) is 0.584. The Labute approximate surface area is 277 Å². The van der Waals surface area contributed by atoms with Crippen molar-refractivity contribution < 1.29 is 28.8 Å². The normalized spacial score (nSPS) is 21.3. The maximum absolute atomic E-state index is 12.8. The van der Waals surface area contributed by atoms with E-state index in [1.807, 2.05) is 57.3 Å². The van der Waals surface area contributed by atoms with Crippen molar-refractivity contribution in [3.63, 3.8) is 0 Å². The minimum atomic E-state index is -1.15. The summed E-state index contributed by atoms with van der Waals surface area (Å²) in [6, 6.07) is 16.5. The lowest BCUT2D eigenvalue weighted by Crippen LogP contribution is -2.46. The first-order valence-electron chi connectivity index (χ1n) is 16.6. The number of aliphatic carboxylic acids is 1. The number of benzene rings is 2. The van der Waals surface area contributed by atoms with Gasteiger partial charge in [0.2, 0.25) is 0 Å². The third-order valence-corrected chi connectivity index (χ3v) is 9.02. The van der Waals surface area contributed by atoms with Gasteiger partial charge in [0.1, 0.15) is 23.3 Å². The summed E-state index contributed by atoms with van der Waals surface area (Å²) in [5, 5.41) is 10.5. The van der Waals surface area contributed by atoms with E-state index in [4.69, 9.17) is 23.9 Å². The van der Waals surface area contributed by atoms with Crippen molar-refractivity contribution in [2.45, 2.75) is 84.7 Å². The molecule has 9 nitrogen and oxygen atoms in total. The number of imidazole rings is 1. The Morgan fingerprint density at radius 3 is 2.53 bits per heavy atom. The summed E-state index contributed by atoms with van der Waals surface area (Å²) in [5.41, 5.74) is 6.10. The maximum atomic E-state index is 12.8. The predicted molar refractivity (Wildman–Crippen MR) is 183 cm³/mol. The molecular formula is C38H47N3O6. The smallest absolute Gasteiger partial charge is 0.337 e. The van der Waals surface area contributed by atoms with E-state index in [1.165, 1.54) is 0 Å². The Hall–Kier alpha value is -3.92. The monoisotopic (exact) mass is 641 g/mol. The number of hydrogen-bond donors (Lipinski definition) is 1. The molecule has 0 saturated carbocycles. The van der Waals surface area contributed by atoms with Gasteiger partial charge in [-0.3, -0.25) is 4.40 Å². The summed E-state index contributed by atoms with van der Waals surface area (Å²) in [6.45, 7) is 16.6. The SMILES string of the molecule is Cc1ccc2c(c1)O[C@@H](C)COCCOC1(C)CCN(CC1)c1c([C@H](OC(C)(C)C)C(=O)O)c(C)cc3nc(cn13)-c1cccc-2c1. The van der Waals surface area contributed by atoms with Crippen molar-refractivity contribution in [2.24, 2.45) is 0 Å². The number of carbonyl (C=O) groups is 1. The average molecular weight is 642 g/mol. The summed E-state index contributed by atoms with van der Waals surface area (Å²) in [4.78, 5) is 20.2. The number of carboxylic acid groups (broad SMARTS) is 1. The fourth-order valence-electron chi connectivity index (χ4n) is 6.61. The molecule has 2 aromatic carbocycles. The minimum absolute atomic E-state index is 0.144. The number of nitrogens with zero attached hydrogens (tertiary/aromatic N) is 3. The topological polar surface area (TPSA) is 94.8 Å². The molecule has 1 saturated heterocycles. The fraction of sp³-hybridized carbons (Fsp3) is 0.474. The van der Waals surface area contributed by atoms with Crippen LogP contribution in [-0.4, -0.2) is 70.7 Å². The van der Waals surface area contributed by atoms with Crippen molar-refractivity contribution in [2.75, 3.05) is 37.8 Å². The zero-order valence-corrected chi connectivity index (χ0v) is 28.6. The first-order chi connectivity index (χ1) is 22.3. The highest BCUT2D eigenvalue weighted by atomic mass is 16.6. The minimum Gasteiger partial charge on any atom is -0.488 e. The van der Waals surface area contributed by atoms with E-state index < -0.39 is 17.7 Å². The Bertz CT molecular complexity index is 1770. The average Bonchev–Trinajstić information content (AvgIpc) is 3.43. The largest absolute Gasteiger partial charge is 0.488 e. The molecule has 7 rings (SSSR count). The van der Waals surface area contributed by atoms with Crippen molar-refractivity contribution in [3.8, 4) is 28.1 Å². The molecule has 2 aromatic heterocycles. The van der Waals surface area contributed by atoms with E-state index in [0.29, 0.717) is 38.5 Å². The van der Waals surface area contributed by atoms with Crippen molar-refractivity contribution in [1.29, 1.82) is 0 Å². The van der Waals surface area contributed by atoms with Crippen molar-refractivity contribution >= 4 is 17.4 Å². The molecule has 1 N–H and O–H groups in total. The van der Waals surface area contributed by atoms with E-state index in [-0.39, 0.29) is 11.7 Å². The molecule has 4 aromatic rings. The van der Waals surface area contributed by atoms with Crippen LogP contribution in [0.2, 0.25) is 0 Å².